The summed E-state index contributed by atoms with van der Waals surface area (Å²) in [6, 6.07) is 9.55. The number of hydrogen-bond acceptors (Lipinski definition) is 3. The van der Waals surface area contributed by atoms with Crippen molar-refractivity contribution in [2.45, 2.75) is 20.5 Å². The standard InChI is InChI=1S/C17H21NO3/c1-12-8-16(13(2)18(12)3)17(19)11-21-10-14-6-5-7-15(9-14)20-4/h5-9H,10-11H2,1-4H3. The zero-order valence-electron chi connectivity index (χ0n) is 13.0. The summed E-state index contributed by atoms with van der Waals surface area (Å²) in [6.45, 7) is 4.42. The van der Waals surface area contributed by atoms with E-state index in [0.29, 0.717) is 6.61 Å². The molecule has 0 saturated carbocycles. The predicted molar refractivity (Wildman–Crippen MR) is 81.9 cm³/mol. The van der Waals surface area contributed by atoms with Crippen LogP contribution in [0.15, 0.2) is 30.3 Å². The third-order valence-electron chi connectivity index (χ3n) is 3.71. The van der Waals surface area contributed by atoms with Crippen LogP contribution in [-0.2, 0) is 18.4 Å². The number of carbonyl (C=O) groups excluding carboxylic acids is 1. The number of aryl methyl sites for hydroxylation is 1. The molecule has 21 heavy (non-hydrogen) atoms. The van der Waals surface area contributed by atoms with E-state index in [-0.39, 0.29) is 12.4 Å². The SMILES string of the molecule is COc1cccc(COCC(=O)c2cc(C)n(C)c2C)c1. The van der Waals surface area contributed by atoms with Crippen molar-refractivity contribution >= 4 is 5.78 Å². The molecule has 0 atom stereocenters. The maximum atomic E-state index is 12.2. The van der Waals surface area contributed by atoms with Gasteiger partial charge in [0, 0.05) is 24.0 Å². The van der Waals surface area contributed by atoms with Gasteiger partial charge in [-0.25, -0.2) is 0 Å². The van der Waals surface area contributed by atoms with Gasteiger partial charge < -0.3 is 14.0 Å². The van der Waals surface area contributed by atoms with Gasteiger partial charge in [-0.15, -0.1) is 0 Å². The Morgan fingerprint density at radius 3 is 2.62 bits per heavy atom. The average molecular weight is 287 g/mol. The molecule has 0 aliphatic carbocycles. The Balaban J connectivity index is 1.93. The van der Waals surface area contributed by atoms with Crippen LogP contribution in [0.3, 0.4) is 0 Å². The Morgan fingerprint density at radius 1 is 1.24 bits per heavy atom. The third-order valence-corrected chi connectivity index (χ3v) is 3.71. The van der Waals surface area contributed by atoms with Crippen molar-refractivity contribution in [1.82, 2.24) is 4.57 Å². The van der Waals surface area contributed by atoms with E-state index >= 15 is 0 Å². The van der Waals surface area contributed by atoms with Gasteiger partial charge >= 0.3 is 0 Å². The lowest BCUT2D eigenvalue weighted by molar-refractivity contribution is 0.0725. The van der Waals surface area contributed by atoms with Crippen molar-refractivity contribution < 1.29 is 14.3 Å². The average Bonchev–Trinajstić information content (AvgIpc) is 2.75. The van der Waals surface area contributed by atoms with Gasteiger partial charge in [0.15, 0.2) is 5.78 Å². The molecule has 1 aromatic heterocycles. The fraction of sp³-hybridized carbons (Fsp3) is 0.353. The number of ether oxygens (including phenoxy) is 2. The van der Waals surface area contributed by atoms with E-state index in [0.717, 1.165) is 28.3 Å². The summed E-state index contributed by atoms with van der Waals surface area (Å²) in [4.78, 5) is 12.2. The first-order valence-electron chi connectivity index (χ1n) is 6.89. The van der Waals surface area contributed by atoms with Gasteiger partial charge in [0.2, 0.25) is 0 Å². The van der Waals surface area contributed by atoms with Crippen molar-refractivity contribution in [1.29, 1.82) is 0 Å². The van der Waals surface area contributed by atoms with Crippen LogP contribution in [0.25, 0.3) is 0 Å². The molecule has 1 aromatic carbocycles. The molecular formula is C17H21NO3. The first kappa shape index (κ1) is 15.3. The number of ketones is 1. The molecule has 2 aromatic rings. The summed E-state index contributed by atoms with van der Waals surface area (Å²) in [5.74, 6) is 0.802. The summed E-state index contributed by atoms with van der Waals surface area (Å²) in [6.07, 6.45) is 0. The summed E-state index contributed by atoms with van der Waals surface area (Å²) in [7, 11) is 3.59. The lowest BCUT2D eigenvalue weighted by atomic mass is 10.1. The Hall–Kier alpha value is -2.07. The van der Waals surface area contributed by atoms with Gasteiger partial charge in [0.25, 0.3) is 0 Å². The number of rotatable bonds is 6. The molecule has 4 heteroatoms. The zero-order chi connectivity index (χ0) is 15.4. The second-order valence-electron chi connectivity index (χ2n) is 5.11. The largest absolute Gasteiger partial charge is 0.497 e. The van der Waals surface area contributed by atoms with Crippen LogP contribution in [0.1, 0.15) is 27.3 Å². The van der Waals surface area contributed by atoms with Gasteiger partial charge in [-0.05, 0) is 37.6 Å². The van der Waals surface area contributed by atoms with Crippen LogP contribution in [0, 0.1) is 13.8 Å². The van der Waals surface area contributed by atoms with Crippen molar-refractivity contribution in [3.05, 3.63) is 52.8 Å². The van der Waals surface area contributed by atoms with Gasteiger partial charge in [0.05, 0.1) is 13.7 Å². The van der Waals surface area contributed by atoms with E-state index in [1.54, 1.807) is 7.11 Å². The topological polar surface area (TPSA) is 40.5 Å². The monoisotopic (exact) mass is 287 g/mol. The molecule has 4 nitrogen and oxygen atoms in total. The maximum absolute atomic E-state index is 12.2. The molecule has 0 aliphatic heterocycles. The fourth-order valence-electron chi connectivity index (χ4n) is 2.24. The van der Waals surface area contributed by atoms with Crippen molar-refractivity contribution in [3.8, 4) is 5.75 Å². The number of carbonyl (C=O) groups is 1. The highest BCUT2D eigenvalue weighted by Crippen LogP contribution is 2.15. The molecule has 0 spiro atoms. The number of hydrogen-bond donors (Lipinski definition) is 0. The Morgan fingerprint density at radius 2 is 2.00 bits per heavy atom. The lowest BCUT2D eigenvalue weighted by Gasteiger charge is -2.06. The minimum Gasteiger partial charge on any atom is -0.497 e. The van der Waals surface area contributed by atoms with Crippen molar-refractivity contribution in [2.75, 3.05) is 13.7 Å². The second kappa shape index (κ2) is 6.59. The summed E-state index contributed by atoms with van der Waals surface area (Å²) < 4.78 is 12.7. The van der Waals surface area contributed by atoms with Crippen molar-refractivity contribution in [2.24, 2.45) is 7.05 Å². The number of aromatic nitrogens is 1. The van der Waals surface area contributed by atoms with Gasteiger partial charge in [-0.2, -0.15) is 0 Å². The molecular weight excluding hydrogens is 266 g/mol. The highest BCUT2D eigenvalue weighted by atomic mass is 16.5. The number of Topliss-reactive ketones (excluding diaryl/α,β-unsaturated/α-hetero) is 1. The second-order valence-corrected chi connectivity index (χ2v) is 5.11. The number of benzene rings is 1. The summed E-state index contributed by atoms with van der Waals surface area (Å²) >= 11 is 0. The first-order valence-corrected chi connectivity index (χ1v) is 6.89. The molecule has 2 rings (SSSR count). The quantitative estimate of drug-likeness (QED) is 0.767. The molecule has 0 N–H and O–H groups in total. The van der Waals surface area contributed by atoms with E-state index in [4.69, 9.17) is 9.47 Å². The van der Waals surface area contributed by atoms with Crippen LogP contribution >= 0.6 is 0 Å². The van der Waals surface area contributed by atoms with Crippen LogP contribution in [0.2, 0.25) is 0 Å². The molecule has 0 unspecified atom stereocenters. The zero-order valence-corrected chi connectivity index (χ0v) is 13.0. The molecule has 112 valence electrons. The van der Waals surface area contributed by atoms with E-state index in [9.17, 15) is 4.79 Å². The minimum absolute atomic E-state index is 0.0131. The minimum atomic E-state index is 0.0131. The van der Waals surface area contributed by atoms with E-state index in [2.05, 4.69) is 0 Å². The highest BCUT2D eigenvalue weighted by Gasteiger charge is 2.14. The maximum Gasteiger partial charge on any atom is 0.190 e. The van der Waals surface area contributed by atoms with Crippen LogP contribution in [0.5, 0.6) is 5.75 Å². The Labute approximate surface area is 125 Å². The van der Waals surface area contributed by atoms with Crippen LogP contribution in [0.4, 0.5) is 0 Å². The Bertz CT molecular complexity index is 643. The predicted octanol–water partition coefficient (Wildman–Crippen LogP) is 3.05. The number of nitrogens with zero attached hydrogens (tertiary/aromatic N) is 1. The highest BCUT2D eigenvalue weighted by molar-refractivity contribution is 5.98. The van der Waals surface area contributed by atoms with E-state index in [1.807, 2.05) is 55.8 Å². The number of methoxy groups -OCH3 is 1. The fourth-order valence-corrected chi connectivity index (χ4v) is 2.24. The van der Waals surface area contributed by atoms with Crippen molar-refractivity contribution in [3.63, 3.8) is 0 Å². The summed E-state index contributed by atoms with van der Waals surface area (Å²) in [5, 5.41) is 0. The van der Waals surface area contributed by atoms with Crippen LogP contribution in [-0.4, -0.2) is 24.1 Å². The van der Waals surface area contributed by atoms with Gasteiger partial charge in [0.1, 0.15) is 12.4 Å². The molecule has 0 bridgehead atoms. The molecule has 0 aliphatic rings. The van der Waals surface area contributed by atoms with E-state index in [1.165, 1.54) is 0 Å². The third kappa shape index (κ3) is 3.52. The molecule has 1 heterocycles. The van der Waals surface area contributed by atoms with Crippen LogP contribution < -0.4 is 4.74 Å². The van der Waals surface area contributed by atoms with Gasteiger partial charge in [-0.1, -0.05) is 12.1 Å². The first-order chi connectivity index (χ1) is 10.0. The molecule has 0 fully saturated rings. The summed E-state index contributed by atoms with van der Waals surface area (Å²) in [5.41, 5.74) is 3.77. The van der Waals surface area contributed by atoms with Gasteiger partial charge in [-0.3, -0.25) is 4.79 Å². The molecule has 0 saturated heterocycles. The molecule has 0 radical (unpaired) electrons. The van der Waals surface area contributed by atoms with E-state index < -0.39 is 0 Å². The Kier molecular flexibility index (Phi) is 4.81. The molecule has 0 amide bonds. The normalized spacial score (nSPS) is 10.7. The smallest absolute Gasteiger partial charge is 0.190 e. The lowest BCUT2D eigenvalue weighted by Crippen LogP contribution is -2.10.